The minimum absolute atomic E-state index is 0.00139. The molecular formula is C7H6BrFN2O2. The number of hydrogen-bond donors (Lipinski definition) is 1. The molecule has 2 N–H and O–H groups in total. The van der Waals surface area contributed by atoms with E-state index in [1.165, 1.54) is 0 Å². The molecule has 1 heterocycles. The SMILES string of the molecule is NC(=O)c1cc(F)cn1C(=O)CBr. The van der Waals surface area contributed by atoms with Gasteiger partial charge in [0.25, 0.3) is 5.91 Å². The van der Waals surface area contributed by atoms with E-state index in [1.54, 1.807) is 0 Å². The van der Waals surface area contributed by atoms with E-state index in [2.05, 4.69) is 15.9 Å². The first-order chi connectivity index (χ1) is 6.06. The second-order valence-electron chi connectivity index (χ2n) is 2.31. The number of rotatable bonds is 2. The largest absolute Gasteiger partial charge is 0.364 e. The van der Waals surface area contributed by atoms with E-state index in [0.29, 0.717) is 0 Å². The molecule has 6 heteroatoms. The molecule has 0 aliphatic carbocycles. The zero-order valence-electron chi connectivity index (χ0n) is 6.46. The Balaban J connectivity index is 3.19. The van der Waals surface area contributed by atoms with Gasteiger partial charge in [0, 0.05) is 12.3 Å². The van der Waals surface area contributed by atoms with Crippen molar-refractivity contribution in [3.05, 3.63) is 23.8 Å². The predicted molar refractivity (Wildman–Crippen MR) is 47.3 cm³/mol. The highest BCUT2D eigenvalue weighted by molar-refractivity contribution is 9.09. The van der Waals surface area contributed by atoms with Crippen molar-refractivity contribution in [2.24, 2.45) is 5.73 Å². The lowest BCUT2D eigenvalue weighted by Crippen LogP contribution is -2.21. The number of aromatic nitrogens is 1. The third kappa shape index (κ3) is 1.95. The number of nitrogens with zero attached hydrogens (tertiary/aromatic N) is 1. The van der Waals surface area contributed by atoms with Crippen molar-refractivity contribution in [2.75, 3.05) is 5.33 Å². The lowest BCUT2D eigenvalue weighted by Gasteiger charge is -2.00. The quantitative estimate of drug-likeness (QED) is 0.786. The molecule has 0 aliphatic rings. The van der Waals surface area contributed by atoms with Gasteiger partial charge in [0.15, 0.2) is 0 Å². The van der Waals surface area contributed by atoms with Crippen molar-refractivity contribution in [2.45, 2.75) is 0 Å². The van der Waals surface area contributed by atoms with Crippen LogP contribution in [-0.4, -0.2) is 21.7 Å². The Morgan fingerprint density at radius 2 is 2.23 bits per heavy atom. The number of carbonyl (C=O) groups excluding carboxylic acids is 2. The minimum Gasteiger partial charge on any atom is -0.364 e. The van der Waals surface area contributed by atoms with Gasteiger partial charge in [0.05, 0.1) is 5.33 Å². The molecule has 0 saturated heterocycles. The van der Waals surface area contributed by atoms with Crippen molar-refractivity contribution in [1.82, 2.24) is 4.57 Å². The Labute approximate surface area is 81.6 Å². The molecule has 0 aromatic carbocycles. The molecular weight excluding hydrogens is 243 g/mol. The summed E-state index contributed by atoms with van der Waals surface area (Å²) in [7, 11) is 0. The van der Waals surface area contributed by atoms with Crippen LogP contribution < -0.4 is 5.73 Å². The summed E-state index contributed by atoms with van der Waals surface area (Å²) in [6.45, 7) is 0. The number of halogens is 2. The fraction of sp³-hybridized carbons (Fsp3) is 0.143. The van der Waals surface area contributed by atoms with Crippen molar-refractivity contribution in [1.29, 1.82) is 0 Å². The maximum absolute atomic E-state index is 12.6. The first kappa shape index (κ1) is 9.91. The van der Waals surface area contributed by atoms with Gasteiger partial charge in [-0.25, -0.2) is 4.39 Å². The van der Waals surface area contributed by atoms with E-state index < -0.39 is 17.6 Å². The summed E-state index contributed by atoms with van der Waals surface area (Å²) < 4.78 is 13.5. The molecule has 0 bridgehead atoms. The first-order valence-electron chi connectivity index (χ1n) is 3.33. The van der Waals surface area contributed by atoms with Crippen molar-refractivity contribution >= 4 is 27.7 Å². The number of nitrogens with two attached hydrogens (primary N) is 1. The maximum atomic E-state index is 12.6. The molecule has 1 aromatic heterocycles. The second-order valence-corrected chi connectivity index (χ2v) is 2.87. The standard InChI is InChI=1S/C7H6BrFN2O2/c8-2-6(12)11-3-4(9)1-5(11)7(10)13/h1,3H,2H2,(H2,10,13). The van der Waals surface area contributed by atoms with Gasteiger partial charge in [-0.05, 0) is 0 Å². The Kier molecular flexibility index (Phi) is 2.82. The van der Waals surface area contributed by atoms with Gasteiger partial charge in [0.2, 0.25) is 5.91 Å². The van der Waals surface area contributed by atoms with Gasteiger partial charge in [-0.1, -0.05) is 15.9 Å². The third-order valence-electron chi connectivity index (χ3n) is 1.42. The summed E-state index contributed by atoms with van der Waals surface area (Å²) in [6, 6.07) is 0.920. The summed E-state index contributed by atoms with van der Waals surface area (Å²) in [6.07, 6.45) is 0.920. The summed E-state index contributed by atoms with van der Waals surface area (Å²) in [4.78, 5) is 21.8. The van der Waals surface area contributed by atoms with Crippen LogP contribution in [-0.2, 0) is 0 Å². The molecule has 0 atom stereocenters. The lowest BCUT2D eigenvalue weighted by atomic mass is 10.4. The monoisotopic (exact) mass is 248 g/mol. The van der Waals surface area contributed by atoms with Crippen molar-refractivity contribution in [3.63, 3.8) is 0 Å². The Morgan fingerprint density at radius 3 is 2.69 bits per heavy atom. The van der Waals surface area contributed by atoms with Crippen LogP contribution in [0.1, 0.15) is 15.3 Å². The number of primary amides is 1. The van der Waals surface area contributed by atoms with Gasteiger partial charge < -0.3 is 5.73 Å². The van der Waals surface area contributed by atoms with E-state index >= 15 is 0 Å². The fourth-order valence-electron chi connectivity index (χ4n) is 0.891. The van der Waals surface area contributed by atoms with Crippen molar-refractivity contribution < 1.29 is 14.0 Å². The van der Waals surface area contributed by atoms with E-state index in [0.717, 1.165) is 16.8 Å². The molecule has 1 aromatic rings. The molecule has 0 saturated carbocycles. The first-order valence-corrected chi connectivity index (χ1v) is 4.45. The maximum Gasteiger partial charge on any atom is 0.265 e. The topological polar surface area (TPSA) is 65.1 Å². The van der Waals surface area contributed by atoms with Crippen LogP contribution in [0.4, 0.5) is 4.39 Å². The van der Waals surface area contributed by atoms with E-state index in [9.17, 15) is 14.0 Å². The smallest absolute Gasteiger partial charge is 0.265 e. The van der Waals surface area contributed by atoms with Gasteiger partial charge in [-0.15, -0.1) is 0 Å². The van der Waals surface area contributed by atoms with Crippen LogP contribution in [0.5, 0.6) is 0 Å². The summed E-state index contributed by atoms with van der Waals surface area (Å²) in [5, 5.41) is 0.00139. The Bertz CT molecular complexity index is 361. The summed E-state index contributed by atoms with van der Waals surface area (Å²) in [5.74, 6) is -1.95. The second kappa shape index (κ2) is 3.69. The Hall–Kier alpha value is -1.17. The number of carbonyl (C=O) groups is 2. The molecule has 0 spiro atoms. The molecule has 0 unspecified atom stereocenters. The van der Waals surface area contributed by atoms with Crippen molar-refractivity contribution in [3.8, 4) is 0 Å². The number of amides is 1. The molecule has 70 valence electrons. The Morgan fingerprint density at radius 1 is 1.62 bits per heavy atom. The molecule has 0 aliphatic heterocycles. The van der Waals surface area contributed by atoms with E-state index in [4.69, 9.17) is 5.73 Å². The highest BCUT2D eigenvalue weighted by atomic mass is 79.9. The highest BCUT2D eigenvalue weighted by Gasteiger charge is 2.14. The van der Waals surface area contributed by atoms with Gasteiger partial charge in [-0.3, -0.25) is 14.2 Å². The van der Waals surface area contributed by atoms with Gasteiger partial charge >= 0.3 is 0 Å². The average Bonchev–Trinajstić information content (AvgIpc) is 2.46. The molecule has 13 heavy (non-hydrogen) atoms. The van der Waals surface area contributed by atoms with Crippen LogP contribution in [0.2, 0.25) is 0 Å². The zero-order valence-corrected chi connectivity index (χ0v) is 8.04. The summed E-state index contributed by atoms with van der Waals surface area (Å²) in [5.41, 5.74) is 4.78. The summed E-state index contributed by atoms with van der Waals surface area (Å²) >= 11 is 2.90. The van der Waals surface area contributed by atoms with Crippen LogP contribution in [0.15, 0.2) is 12.3 Å². The van der Waals surface area contributed by atoms with Crippen LogP contribution in [0.3, 0.4) is 0 Å². The third-order valence-corrected chi connectivity index (χ3v) is 1.90. The lowest BCUT2D eigenvalue weighted by molar-refractivity contribution is 0.0910. The van der Waals surface area contributed by atoms with Gasteiger partial charge in [-0.2, -0.15) is 0 Å². The molecule has 0 fully saturated rings. The van der Waals surface area contributed by atoms with E-state index in [-0.39, 0.29) is 11.0 Å². The van der Waals surface area contributed by atoms with Crippen LogP contribution >= 0.6 is 15.9 Å². The molecule has 1 amide bonds. The molecule has 1 rings (SSSR count). The highest BCUT2D eigenvalue weighted by Crippen LogP contribution is 2.07. The van der Waals surface area contributed by atoms with Crippen LogP contribution in [0, 0.1) is 5.82 Å². The molecule has 4 nitrogen and oxygen atoms in total. The molecule has 0 radical (unpaired) electrons. The fourth-order valence-corrected chi connectivity index (χ4v) is 1.16. The normalized spacial score (nSPS) is 10.0. The minimum atomic E-state index is -0.835. The van der Waals surface area contributed by atoms with E-state index in [1.807, 2.05) is 0 Å². The number of hydrogen-bond acceptors (Lipinski definition) is 2. The number of alkyl halides is 1. The zero-order chi connectivity index (χ0) is 10.0. The van der Waals surface area contributed by atoms with Crippen LogP contribution in [0.25, 0.3) is 0 Å². The van der Waals surface area contributed by atoms with Gasteiger partial charge in [0.1, 0.15) is 11.5 Å². The predicted octanol–water partition coefficient (Wildman–Crippen LogP) is 0.761. The average molecular weight is 249 g/mol.